The zero-order valence-corrected chi connectivity index (χ0v) is 14.1. The van der Waals surface area contributed by atoms with Gasteiger partial charge in [0.05, 0.1) is 0 Å². The van der Waals surface area contributed by atoms with E-state index in [9.17, 15) is 14.4 Å². The summed E-state index contributed by atoms with van der Waals surface area (Å²) in [6.45, 7) is 11.1. The van der Waals surface area contributed by atoms with Gasteiger partial charge in [0.2, 0.25) is 0 Å². The fourth-order valence-electron chi connectivity index (χ4n) is 2.80. The van der Waals surface area contributed by atoms with E-state index in [4.69, 9.17) is 4.74 Å². The average Bonchev–Trinajstić information content (AvgIpc) is 2.37. The summed E-state index contributed by atoms with van der Waals surface area (Å²) in [6, 6.07) is 0. The molecule has 124 valence electrons. The highest BCUT2D eigenvalue weighted by atomic mass is 16.6. The molecule has 1 aliphatic rings. The third kappa shape index (κ3) is 4.42. The molecular formula is C17H27NO4. The van der Waals surface area contributed by atoms with Gasteiger partial charge in [0.25, 0.3) is 0 Å². The quantitative estimate of drug-likeness (QED) is 0.731. The fourth-order valence-corrected chi connectivity index (χ4v) is 2.80. The van der Waals surface area contributed by atoms with Crippen LogP contribution in [0.2, 0.25) is 0 Å². The van der Waals surface area contributed by atoms with Gasteiger partial charge >= 0.3 is 6.09 Å². The molecule has 22 heavy (non-hydrogen) atoms. The van der Waals surface area contributed by atoms with Crippen LogP contribution in [0.15, 0.2) is 12.7 Å². The number of carbonyl (C=O) groups is 3. The number of hydrogen-bond donors (Lipinski definition) is 0. The van der Waals surface area contributed by atoms with Gasteiger partial charge < -0.3 is 9.53 Å². The number of hydrogen-bond acceptors (Lipinski definition) is 4. The van der Waals surface area contributed by atoms with Crippen molar-refractivity contribution in [2.45, 2.75) is 70.9 Å². The van der Waals surface area contributed by atoms with Crippen LogP contribution >= 0.6 is 0 Å². The number of rotatable bonds is 5. The lowest BCUT2D eigenvalue weighted by Crippen LogP contribution is -2.60. The second kappa shape index (κ2) is 7.07. The number of amides is 1. The molecule has 1 amide bonds. The van der Waals surface area contributed by atoms with E-state index in [1.807, 2.05) is 0 Å². The average molecular weight is 309 g/mol. The van der Waals surface area contributed by atoms with Crippen LogP contribution in [0.4, 0.5) is 4.79 Å². The predicted molar refractivity (Wildman–Crippen MR) is 84.6 cm³/mol. The monoisotopic (exact) mass is 309 g/mol. The number of ketones is 2. The van der Waals surface area contributed by atoms with Crippen LogP contribution in [0.1, 0.15) is 59.8 Å². The molecule has 1 atom stereocenters. The predicted octanol–water partition coefficient (Wildman–Crippen LogP) is 3.27. The van der Waals surface area contributed by atoms with Gasteiger partial charge in [-0.1, -0.05) is 6.08 Å². The molecule has 1 heterocycles. The smallest absolute Gasteiger partial charge is 0.411 e. The molecule has 0 aromatic carbocycles. The SMILES string of the molecule is C=CC[C@@]1(CCC(C)=O)C(=O)CCCN1C(=O)OC(C)(C)C. The Balaban J connectivity index is 3.11. The molecule has 5 nitrogen and oxygen atoms in total. The molecule has 0 aromatic heterocycles. The Kier molecular flexibility index (Phi) is 5.92. The Labute approximate surface area is 132 Å². The summed E-state index contributed by atoms with van der Waals surface area (Å²) in [5, 5.41) is 0. The van der Waals surface area contributed by atoms with E-state index in [2.05, 4.69) is 6.58 Å². The largest absolute Gasteiger partial charge is 0.444 e. The summed E-state index contributed by atoms with van der Waals surface area (Å²) in [4.78, 5) is 38.0. The van der Waals surface area contributed by atoms with Gasteiger partial charge in [-0.15, -0.1) is 6.58 Å². The summed E-state index contributed by atoms with van der Waals surface area (Å²) in [6.07, 6.45) is 3.12. The summed E-state index contributed by atoms with van der Waals surface area (Å²) in [5.41, 5.74) is -1.62. The van der Waals surface area contributed by atoms with Crippen molar-refractivity contribution in [1.82, 2.24) is 4.90 Å². The Bertz CT molecular complexity index is 464. The second-order valence-corrected chi connectivity index (χ2v) is 6.89. The minimum absolute atomic E-state index is 0.00551. The molecular weight excluding hydrogens is 282 g/mol. The van der Waals surface area contributed by atoms with Crippen LogP contribution in [0.25, 0.3) is 0 Å². The number of likely N-dealkylation sites (tertiary alicyclic amines) is 1. The highest BCUT2D eigenvalue weighted by Crippen LogP contribution is 2.34. The Morgan fingerprint density at radius 3 is 2.55 bits per heavy atom. The lowest BCUT2D eigenvalue weighted by Gasteiger charge is -2.45. The molecule has 0 N–H and O–H groups in total. The molecule has 0 unspecified atom stereocenters. The summed E-state index contributed by atoms with van der Waals surface area (Å²) in [7, 11) is 0. The first kappa shape index (κ1) is 18.4. The number of Topliss-reactive ketones (excluding diaryl/α,β-unsaturated/α-hetero) is 2. The highest BCUT2D eigenvalue weighted by Gasteiger charge is 2.48. The first-order valence-corrected chi connectivity index (χ1v) is 7.76. The van der Waals surface area contributed by atoms with E-state index >= 15 is 0 Å². The molecule has 0 saturated carbocycles. The Morgan fingerprint density at radius 1 is 1.41 bits per heavy atom. The topological polar surface area (TPSA) is 63.7 Å². The molecule has 0 radical (unpaired) electrons. The van der Waals surface area contributed by atoms with Crippen LogP contribution < -0.4 is 0 Å². The van der Waals surface area contributed by atoms with E-state index in [0.717, 1.165) is 0 Å². The maximum absolute atomic E-state index is 12.6. The molecule has 1 rings (SSSR count). The van der Waals surface area contributed by atoms with Crippen molar-refractivity contribution in [3.05, 3.63) is 12.7 Å². The van der Waals surface area contributed by atoms with E-state index in [0.29, 0.717) is 32.2 Å². The lowest BCUT2D eigenvalue weighted by molar-refractivity contribution is -0.136. The zero-order chi connectivity index (χ0) is 17.0. The number of piperidine rings is 1. The maximum Gasteiger partial charge on any atom is 0.411 e. The molecule has 0 aliphatic carbocycles. The van der Waals surface area contributed by atoms with Crippen molar-refractivity contribution in [2.24, 2.45) is 0 Å². The van der Waals surface area contributed by atoms with Gasteiger partial charge in [0.15, 0.2) is 5.78 Å². The van der Waals surface area contributed by atoms with Crippen molar-refractivity contribution in [3.63, 3.8) is 0 Å². The summed E-state index contributed by atoms with van der Waals surface area (Å²) in [5.74, 6) is -0.00305. The van der Waals surface area contributed by atoms with Gasteiger partial charge in [-0.3, -0.25) is 9.69 Å². The maximum atomic E-state index is 12.6. The number of ether oxygens (including phenoxy) is 1. The van der Waals surface area contributed by atoms with Gasteiger partial charge in [0, 0.05) is 19.4 Å². The van der Waals surface area contributed by atoms with Crippen molar-refractivity contribution in [1.29, 1.82) is 0 Å². The van der Waals surface area contributed by atoms with E-state index < -0.39 is 17.2 Å². The van der Waals surface area contributed by atoms with Crippen molar-refractivity contribution >= 4 is 17.7 Å². The van der Waals surface area contributed by atoms with Gasteiger partial charge in [-0.2, -0.15) is 0 Å². The van der Waals surface area contributed by atoms with E-state index in [1.165, 1.54) is 11.8 Å². The molecule has 0 aromatic rings. The van der Waals surface area contributed by atoms with Crippen LogP contribution in [0.5, 0.6) is 0 Å². The normalized spacial score (nSPS) is 22.4. The molecule has 0 bridgehead atoms. The van der Waals surface area contributed by atoms with Crippen molar-refractivity contribution in [3.8, 4) is 0 Å². The third-order valence-corrected chi connectivity index (χ3v) is 3.81. The van der Waals surface area contributed by atoms with Gasteiger partial charge in [0.1, 0.15) is 16.9 Å². The van der Waals surface area contributed by atoms with Gasteiger partial charge in [-0.25, -0.2) is 4.79 Å². The molecule has 1 saturated heterocycles. The third-order valence-electron chi connectivity index (χ3n) is 3.81. The van der Waals surface area contributed by atoms with E-state index in [1.54, 1.807) is 26.8 Å². The summed E-state index contributed by atoms with van der Waals surface area (Å²) < 4.78 is 5.45. The first-order chi connectivity index (χ1) is 10.1. The number of carbonyl (C=O) groups excluding carboxylic acids is 3. The van der Waals surface area contributed by atoms with Crippen LogP contribution in [0, 0.1) is 0 Å². The fraction of sp³-hybridized carbons (Fsp3) is 0.706. The Hall–Kier alpha value is -1.65. The Morgan fingerprint density at radius 2 is 2.05 bits per heavy atom. The summed E-state index contributed by atoms with van der Waals surface area (Å²) >= 11 is 0. The van der Waals surface area contributed by atoms with Crippen molar-refractivity contribution in [2.75, 3.05) is 6.54 Å². The minimum atomic E-state index is -0.992. The lowest BCUT2D eigenvalue weighted by atomic mass is 9.78. The van der Waals surface area contributed by atoms with Crippen LogP contribution in [0.3, 0.4) is 0 Å². The molecule has 5 heteroatoms. The highest BCUT2D eigenvalue weighted by molar-refractivity contribution is 5.93. The number of nitrogens with zero attached hydrogens (tertiary/aromatic N) is 1. The molecule has 1 fully saturated rings. The van der Waals surface area contributed by atoms with E-state index in [-0.39, 0.29) is 18.0 Å². The van der Waals surface area contributed by atoms with Crippen LogP contribution in [-0.4, -0.2) is 40.2 Å². The van der Waals surface area contributed by atoms with Crippen molar-refractivity contribution < 1.29 is 19.1 Å². The van der Waals surface area contributed by atoms with Gasteiger partial charge in [-0.05, 0) is 47.0 Å². The minimum Gasteiger partial charge on any atom is -0.444 e. The second-order valence-electron chi connectivity index (χ2n) is 6.89. The molecule has 1 aliphatic heterocycles. The van der Waals surface area contributed by atoms with Crippen LogP contribution in [-0.2, 0) is 14.3 Å². The standard InChI is InChI=1S/C17H27NO4/c1-6-10-17(11-9-13(2)19)14(20)8-7-12-18(17)15(21)22-16(3,4)5/h6H,1,7-12H2,2-5H3/t17-/m1/s1. The first-order valence-electron chi connectivity index (χ1n) is 7.76. The molecule has 0 spiro atoms. The zero-order valence-electron chi connectivity index (χ0n) is 14.1.